The summed E-state index contributed by atoms with van der Waals surface area (Å²) in [5.74, 6) is 0.242. The van der Waals surface area contributed by atoms with Crippen molar-refractivity contribution >= 4 is 40.9 Å². The number of pyridine rings is 1. The van der Waals surface area contributed by atoms with E-state index in [-0.39, 0.29) is 28.8 Å². The van der Waals surface area contributed by atoms with Gasteiger partial charge < -0.3 is 19.5 Å². The van der Waals surface area contributed by atoms with Crippen molar-refractivity contribution in [3.63, 3.8) is 0 Å². The summed E-state index contributed by atoms with van der Waals surface area (Å²) in [4.78, 5) is 34.8. The molecule has 212 valence electrons. The van der Waals surface area contributed by atoms with Gasteiger partial charge in [0, 0.05) is 22.9 Å². The van der Waals surface area contributed by atoms with E-state index in [1.54, 1.807) is 39.1 Å². The van der Waals surface area contributed by atoms with Gasteiger partial charge in [-0.15, -0.1) is 0 Å². The Bertz CT molecular complexity index is 1440. The minimum atomic E-state index is -0.760. The second-order valence-corrected chi connectivity index (χ2v) is 12.1. The Labute approximate surface area is 239 Å². The van der Waals surface area contributed by atoms with Crippen LogP contribution in [0.25, 0.3) is 5.57 Å². The molecule has 1 saturated carbocycles. The van der Waals surface area contributed by atoms with Crippen LogP contribution in [0.4, 0.5) is 10.5 Å². The number of aliphatic imine (C=N–C) groups is 1. The molecule has 1 fully saturated rings. The minimum Gasteiger partial charge on any atom is -0.493 e. The number of aromatic nitrogens is 1. The monoisotopic (exact) mass is 566 g/mol. The molecule has 3 heterocycles. The molecule has 1 unspecified atom stereocenters. The lowest BCUT2D eigenvalue weighted by atomic mass is 9.74. The Morgan fingerprint density at radius 1 is 1.10 bits per heavy atom. The number of allylic oxidation sites excluding steroid dienone is 2. The molecule has 10 heteroatoms. The van der Waals surface area contributed by atoms with Crippen LogP contribution in [0.5, 0.6) is 5.75 Å². The van der Waals surface area contributed by atoms with Crippen LogP contribution in [-0.4, -0.2) is 41.8 Å². The summed E-state index contributed by atoms with van der Waals surface area (Å²) in [5.41, 5.74) is 3.04. The van der Waals surface area contributed by atoms with Gasteiger partial charge in [0.25, 0.3) is 11.9 Å². The van der Waals surface area contributed by atoms with Crippen LogP contribution in [0.15, 0.2) is 41.0 Å². The molecule has 2 aliphatic heterocycles. The van der Waals surface area contributed by atoms with E-state index in [4.69, 9.17) is 30.8 Å². The molecule has 0 bridgehead atoms. The van der Waals surface area contributed by atoms with E-state index in [0.717, 1.165) is 36.0 Å². The van der Waals surface area contributed by atoms with Crippen LogP contribution < -0.4 is 15.4 Å². The zero-order valence-corrected chi connectivity index (χ0v) is 24.5. The molecule has 0 saturated heterocycles. The first-order valence-corrected chi connectivity index (χ1v) is 13.9. The first-order valence-electron chi connectivity index (χ1n) is 13.5. The number of nitrogens with one attached hydrogen (secondary N) is 2. The molecule has 2 N–H and O–H groups in total. The van der Waals surface area contributed by atoms with Crippen molar-refractivity contribution in [3.05, 3.63) is 57.9 Å². The van der Waals surface area contributed by atoms with E-state index in [1.807, 2.05) is 19.1 Å². The molecule has 3 aliphatic rings. The quantitative estimate of drug-likeness (QED) is 0.439. The largest absolute Gasteiger partial charge is 0.493 e. The highest BCUT2D eigenvalue weighted by molar-refractivity contribution is 6.34. The summed E-state index contributed by atoms with van der Waals surface area (Å²) in [5, 5.41) is 5.83. The highest BCUT2D eigenvalue weighted by atomic mass is 35.5. The molecular formula is C30H35ClN4O5. The van der Waals surface area contributed by atoms with Gasteiger partial charge in [0.2, 0.25) is 0 Å². The second-order valence-electron chi connectivity index (χ2n) is 11.7. The molecule has 2 amide bonds. The standard InChI is InChI=1S/C30H35ClN4O5/c1-7-17(2)18(3)19-12-22(31)24(32-14-19)25(36)33-20-8-9-23-21(13-20)30(29(10-11-29)15-38-23)16-39-26(35-30)34-27(37)40-28(4,5)6/h8-9,12-14H,7,10-11,15-16H2,1-6H3,(H,33,36)(H,34,35,37)/b18-17+. The third-order valence-electron chi connectivity index (χ3n) is 7.90. The third-order valence-corrected chi connectivity index (χ3v) is 8.18. The Morgan fingerprint density at radius 3 is 2.50 bits per heavy atom. The highest BCUT2D eigenvalue weighted by Gasteiger charge is 2.66. The number of fused-ring (bicyclic) bond motifs is 3. The van der Waals surface area contributed by atoms with Crippen LogP contribution in [0.3, 0.4) is 0 Å². The van der Waals surface area contributed by atoms with Crippen LogP contribution in [-0.2, 0) is 15.0 Å². The Hall–Kier alpha value is -3.59. The SMILES string of the molecule is CC/C(C)=C(\C)c1cnc(C(=O)Nc2ccc3c(c2)C2(COC(NC(=O)OC(C)(C)C)=N2)C2(CC2)CO3)c(Cl)c1. The number of ether oxygens (including phenoxy) is 3. The number of carbonyl (C=O) groups excluding carboxylic acids is 2. The van der Waals surface area contributed by atoms with Crippen LogP contribution in [0.2, 0.25) is 5.02 Å². The molecule has 1 atom stereocenters. The number of carbonyl (C=O) groups is 2. The molecule has 5 rings (SSSR count). The summed E-state index contributed by atoms with van der Waals surface area (Å²) in [6.45, 7) is 12.3. The van der Waals surface area contributed by atoms with E-state index >= 15 is 0 Å². The number of alkyl carbamates (subject to hydrolysis) is 1. The zero-order valence-electron chi connectivity index (χ0n) is 23.7. The highest BCUT2D eigenvalue weighted by Crippen LogP contribution is 2.65. The predicted octanol–water partition coefficient (Wildman–Crippen LogP) is 6.47. The van der Waals surface area contributed by atoms with Crippen molar-refractivity contribution in [2.45, 2.75) is 71.9 Å². The maximum atomic E-state index is 13.2. The van der Waals surface area contributed by atoms with Crippen molar-refractivity contribution in [2.24, 2.45) is 10.4 Å². The Kier molecular flexibility index (Phi) is 7.06. The van der Waals surface area contributed by atoms with Gasteiger partial charge in [0.15, 0.2) is 0 Å². The summed E-state index contributed by atoms with van der Waals surface area (Å²) in [7, 11) is 0. The molecule has 2 aromatic rings. The minimum absolute atomic E-state index is 0.113. The first-order chi connectivity index (χ1) is 18.9. The molecular weight excluding hydrogens is 532 g/mol. The molecule has 2 spiro atoms. The number of halogens is 1. The number of nitrogens with zero attached hydrogens (tertiary/aromatic N) is 2. The summed E-state index contributed by atoms with van der Waals surface area (Å²) < 4.78 is 17.4. The number of amidine groups is 1. The van der Waals surface area contributed by atoms with Crippen molar-refractivity contribution in [1.82, 2.24) is 10.3 Å². The Morgan fingerprint density at radius 2 is 1.85 bits per heavy atom. The fraction of sp³-hybridized carbons (Fsp3) is 0.467. The second kappa shape index (κ2) is 10.1. The molecule has 0 radical (unpaired) electrons. The number of rotatable bonds is 4. The number of hydrogen-bond acceptors (Lipinski definition) is 7. The predicted molar refractivity (Wildman–Crippen MR) is 154 cm³/mol. The molecule has 1 aliphatic carbocycles. The van der Waals surface area contributed by atoms with E-state index in [2.05, 4.69) is 29.5 Å². The summed E-state index contributed by atoms with van der Waals surface area (Å²) in [6.07, 6.45) is 3.78. The topological polar surface area (TPSA) is 111 Å². The van der Waals surface area contributed by atoms with Gasteiger partial charge in [-0.3, -0.25) is 4.79 Å². The van der Waals surface area contributed by atoms with Crippen LogP contribution >= 0.6 is 11.6 Å². The third kappa shape index (κ3) is 5.14. The van der Waals surface area contributed by atoms with Crippen molar-refractivity contribution in [3.8, 4) is 5.75 Å². The van der Waals surface area contributed by atoms with E-state index in [0.29, 0.717) is 18.0 Å². The normalized spacial score (nSPS) is 21.0. The maximum absolute atomic E-state index is 13.2. The fourth-order valence-corrected chi connectivity index (χ4v) is 5.43. The van der Waals surface area contributed by atoms with Crippen molar-refractivity contribution in [2.75, 3.05) is 18.5 Å². The lowest BCUT2D eigenvalue weighted by molar-refractivity contribution is 0.0546. The van der Waals surface area contributed by atoms with Gasteiger partial charge in [-0.05, 0) is 89.3 Å². The average molecular weight is 567 g/mol. The number of amides is 2. The van der Waals surface area contributed by atoms with Gasteiger partial charge in [-0.1, -0.05) is 24.1 Å². The van der Waals surface area contributed by atoms with Gasteiger partial charge in [0.05, 0.1) is 11.6 Å². The van der Waals surface area contributed by atoms with Crippen LogP contribution in [0, 0.1) is 5.41 Å². The lowest BCUT2D eigenvalue weighted by Gasteiger charge is -2.39. The maximum Gasteiger partial charge on any atom is 0.415 e. The number of benzene rings is 1. The smallest absolute Gasteiger partial charge is 0.415 e. The number of anilines is 1. The zero-order chi connectivity index (χ0) is 28.9. The Balaban J connectivity index is 1.41. The van der Waals surface area contributed by atoms with Gasteiger partial charge in [-0.25, -0.2) is 20.1 Å². The van der Waals surface area contributed by atoms with E-state index < -0.39 is 23.1 Å². The molecule has 1 aromatic carbocycles. The van der Waals surface area contributed by atoms with Crippen LogP contribution in [0.1, 0.15) is 82.4 Å². The molecule has 40 heavy (non-hydrogen) atoms. The van der Waals surface area contributed by atoms with Crippen molar-refractivity contribution in [1.29, 1.82) is 0 Å². The van der Waals surface area contributed by atoms with E-state index in [9.17, 15) is 9.59 Å². The summed E-state index contributed by atoms with van der Waals surface area (Å²) in [6, 6.07) is 7.33. The molecule has 1 aromatic heterocycles. The van der Waals surface area contributed by atoms with Crippen molar-refractivity contribution < 1.29 is 23.8 Å². The number of hydrogen-bond donors (Lipinski definition) is 2. The summed E-state index contributed by atoms with van der Waals surface area (Å²) >= 11 is 6.49. The van der Waals surface area contributed by atoms with Gasteiger partial charge in [0.1, 0.15) is 29.2 Å². The first kappa shape index (κ1) is 28.0. The van der Waals surface area contributed by atoms with Gasteiger partial charge >= 0.3 is 6.09 Å². The average Bonchev–Trinajstić information content (AvgIpc) is 3.57. The van der Waals surface area contributed by atoms with E-state index in [1.165, 1.54) is 5.57 Å². The molecule has 9 nitrogen and oxygen atoms in total. The van der Waals surface area contributed by atoms with Gasteiger partial charge in [-0.2, -0.15) is 0 Å². The fourth-order valence-electron chi connectivity index (χ4n) is 5.17. The lowest BCUT2D eigenvalue weighted by Crippen LogP contribution is -2.44.